The molecule has 0 fully saturated rings. The third kappa shape index (κ3) is 3.70. The summed E-state index contributed by atoms with van der Waals surface area (Å²) in [6.07, 6.45) is -4.80. The summed E-state index contributed by atoms with van der Waals surface area (Å²) >= 11 is 3.25. The number of hydrogen-bond donors (Lipinski definition) is 2. The van der Waals surface area contributed by atoms with Gasteiger partial charge in [-0.1, -0.05) is 28.1 Å². The van der Waals surface area contributed by atoms with Crippen LogP contribution in [0.5, 0.6) is 0 Å². The highest BCUT2D eigenvalue weighted by Crippen LogP contribution is 2.29. The van der Waals surface area contributed by atoms with E-state index in [1.807, 2.05) is 0 Å². The highest BCUT2D eigenvalue weighted by atomic mass is 79.9. The SMILES string of the molecule is C[C@H](NC(=O)C(C)(N)C(F)(F)F)c1cccc(Br)c1. The average Bonchev–Trinajstić information content (AvgIpc) is 2.27. The normalized spacial score (nSPS) is 16.6. The summed E-state index contributed by atoms with van der Waals surface area (Å²) in [4.78, 5) is 11.6. The van der Waals surface area contributed by atoms with Crippen LogP contribution in [0.1, 0.15) is 25.5 Å². The molecular weight excluding hydrogens is 325 g/mol. The van der Waals surface area contributed by atoms with E-state index in [-0.39, 0.29) is 0 Å². The van der Waals surface area contributed by atoms with Gasteiger partial charge >= 0.3 is 6.18 Å². The van der Waals surface area contributed by atoms with Gasteiger partial charge in [0.15, 0.2) is 5.54 Å². The van der Waals surface area contributed by atoms with Gasteiger partial charge in [0.25, 0.3) is 0 Å². The highest BCUT2D eigenvalue weighted by Gasteiger charge is 2.54. The fourth-order valence-electron chi connectivity index (χ4n) is 1.33. The van der Waals surface area contributed by atoms with Gasteiger partial charge in [-0.15, -0.1) is 0 Å². The largest absolute Gasteiger partial charge is 0.415 e. The second-order valence-electron chi connectivity index (χ2n) is 4.45. The molecule has 0 saturated heterocycles. The molecule has 1 amide bonds. The number of nitrogens with two attached hydrogens (primary N) is 1. The molecule has 7 heteroatoms. The molecule has 1 aromatic rings. The Labute approximate surface area is 117 Å². The van der Waals surface area contributed by atoms with Gasteiger partial charge in [0.1, 0.15) is 0 Å². The number of carbonyl (C=O) groups excluding carboxylic acids is 1. The van der Waals surface area contributed by atoms with Crippen molar-refractivity contribution in [3.63, 3.8) is 0 Å². The Hall–Kier alpha value is -1.08. The molecule has 1 rings (SSSR count). The molecule has 0 aliphatic rings. The molecule has 3 N–H and O–H groups in total. The number of carbonyl (C=O) groups is 1. The van der Waals surface area contributed by atoms with Crippen LogP contribution in [0.15, 0.2) is 28.7 Å². The number of nitrogens with one attached hydrogen (secondary N) is 1. The van der Waals surface area contributed by atoms with Crippen LogP contribution < -0.4 is 11.1 Å². The minimum Gasteiger partial charge on any atom is -0.348 e. The van der Waals surface area contributed by atoms with Crippen LogP contribution in [0, 0.1) is 0 Å². The number of hydrogen-bond acceptors (Lipinski definition) is 2. The summed E-state index contributed by atoms with van der Waals surface area (Å²) in [5, 5.41) is 2.27. The van der Waals surface area contributed by atoms with E-state index in [1.54, 1.807) is 31.2 Å². The first-order chi connectivity index (χ1) is 8.55. The Morgan fingerprint density at radius 1 is 1.42 bits per heavy atom. The first-order valence-electron chi connectivity index (χ1n) is 5.47. The smallest absolute Gasteiger partial charge is 0.348 e. The van der Waals surface area contributed by atoms with Crippen LogP contribution in [0.4, 0.5) is 13.2 Å². The van der Waals surface area contributed by atoms with Crippen LogP contribution in [-0.4, -0.2) is 17.6 Å². The minimum atomic E-state index is -4.80. The van der Waals surface area contributed by atoms with Crippen molar-refractivity contribution in [3.8, 4) is 0 Å². The van der Waals surface area contributed by atoms with E-state index in [0.717, 1.165) is 4.47 Å². The van der Waals surface area contributed by atoms with Crippen molar-refractivity contribution >= 4 is 21.8 Å². The zero-order valence-corrected chi connectivity index (χ0v) is 12.0. The summed E-state index contributed by atoms with van der Waals surface area (Å²) in [7, 11) is 0. The number of rotatable bonds is 3. The fraction of sp³-hybridized carbons (Fsp3) is 0.417. The Kier molecular flexibility index (Phi) is 4.63. The van der Waals surface area contributed by atoms with Gasteiger partial charge in [-0.05, 0) is 31.5 Å². The maximum atomic E-state index is 12.6. The molecule has 3 nitrogen and oxygen atoms in total. The van der Waals surface area contributed by atoms with Gasteiger partial charge in [-0.3, -0.25) is 4.79 Å². The third-order valence-corrected chi connectivity index (χ3v) is 3.25. The van der Waals surface area contributed by atoms with Crippen LogP contribution in [0.3, 0.4) is 0 Å². The lowest BCUT2D eigenvalue weighted by Crippen LogP contribution is -2.61. The predicted molar refractivity (Wildman–Crippen MR) is 69.3 cm³/mol. The monoisotopic (exact) mass is 338 g/mol. The lowest BCUT2D eigenvalue weighted by molar-refractivity contribution is -0.187. The van der Waals surface area contributed by atoms with Gasteiger partial charge in [-0.25, -0.2) is 0 Å². The van der Waals surface area contributed by atoms with E-state index >= 15 is 0 Å². The van der Waals surface area contributed by atoms with Gasteiger partial charge < -0.3 is 11.1 Å². The zero-order valence-electron chi connectivity index (χ0n) is 10.4. The van der Waals surface area contributed by atoms with Crippen molar-refractivity contribution in [2.45, 2.75) is 31.6 Å². The standard InChI is InChI=1S/C12H14BrF3N2O/c1-7(8-4-3-5-9(13)6-8)18-10(19)11(2,17)12(14,15)16/h3-7H,17H2,1-2H3,(H,18,19)/t7-,11?/m0/s1. The molecule has 2 atom stereocenters. The second-order valence-corrected chi connectivity index (χ2v) is 5.37. The van der Waals surface area contributed by atoms with E-state index < -0.39 is 23.7 Å². The first kappa shape index (κ1) is 16.0. The van der Waals surface area contributed by atoms with Crippen molar-refractivity contribution in [2.24, 2.45) is 5.73 Å². The number of benzene rings is 1. The number of alkyl halides is 3. The molecule has 1 unspecified atom stereocenters. The molecule has 0 bridgehead atoms. The quantitative estimate of drug-likeness (QED) is 0.890. The maximum Gasteiger partial charge on any atom is 0.415 e. The molecule has 0 saturated carbocycles. The van der Waals surface area contributed by atoms with Crippen molar-refractivity contribution in [2.75, 3.05) is 0 Å². The lowest BCUT2D eigenvalue weighted by Gasteiger charge is -2.28. The van der Waals surface area contributed by atoms with Crippen LogP contribution in [0.25, 0.3) is 0 Å². The average molecular weight is 339 g/mol. The van der Waals surface area contributed by atoms with Crippen LogP contribution >= 0.6 is 15.9 Å². The number of halogens is 4. The summed E-state index contributed by atoms with van der Waals surface area (Å²) < 4.78 is 38.6. The molecule has 19 heavy (non-hydrogen) atoms. The zero-order chi connectivity index (χ0) is 14.8. The molecule has 106 valence electrons. The third-order valence-electron chi connectivity index (χ3n) is 2.76. The van der Waals surface area contributed by atoms with Crippen molar-refractivity contribution in [3.05, 3.63) is 34.3 Å². The van der Waals surface area contributed by atoms with Crippen LogP contribution in [-0.2, 0) is 4.79 Å². The van der Waals surface area contributed by atoms with Crippen molar-refractivity contribution < 1.29 is 18.0 Å². The Morgan fingerprint density at radius 3 is 2.47 bits per heavy atom. The van der Waals surface area contributed by atoms with E-state index in [9.17, 15) is 18.0 Å². The molecule has 1 aromatic carbocycles. The van der Waals surface area contributed by atoms with Gasteiger partial charge in [0.05, 0.1) is 6.04 Å². The number of amides is 1. The van der Waals surface area contributed by atoms with Gasteiger partial charge in [0.2, 0.25) is 5.91 Å². The molecule has 0 radical (unpaired) electrons. The molecule has 0 aromatic heterocycles. The van der Waals surface area contributed by atoms with Crippen molar-refractivity contribution in [1.29, 1.82) is 0 Å². The van der Waals surface area contributed by atoms with E-state index in [2.05, 4.69) is 21.2 Å². The molecule has 0 heterocycles. The molecule has 0 aliphatic carbocycles. The lowest BCUT2D eigenvalue weighted by atomic mass is 10.0. The van der Waals surface area contributed by atoms with E-state index in [0.29, 0.717) is 12.5 Å². The second kappa shape index (κ2) is 5.50. The molecule has 0 spiro atoms. The van der Waals surface area contributed by atoms with Gasteiger partial charge in [0, 0.05) is 4.47 Å². The summed E-state index contributed by atoms with van der Waals surface area (Å²) in [5.41, 5.74) is 2.82. The topological polar surface area (TPSA) is 55.1 Å². The predicted octanol–water partition coefficient (Wildman–Crippen LogP) is 2.91. The summed E-state index contributed by atoms with van der Waals surface area (Å²) in [5.74, 6) is -1.26. The summed E-state index contributed by atoms with van der Waals surface area (Å²) in [6, 6.07) is 6.35. The van der Waals surface area contributed by atoms with E-state index in [4.69, 9.17) is 5.73 Å². The fourth-order valence-corrected chi connectivity index (χ4v) is 1.75. The minimum absolute atomic E-state index is 0.574. The molecule has 0 aliphatic heterocycles. The Bertz CT molecular complexity index is 474. The molecular formula is C12H14BrF3N2O. The van der Waals surface area contributed by atoms with Gasteiger partial charge in [-0.2, -0.15) is 13.2 Å². The Balaban J connectivity index is 2.83. The van der Waals surface area contributed by atoms with E-state index in [1.165, 1.54) is 0 Å². The first-order valence-corrected chi connectivity index (χ1v) is 6.27. The maximum absolute atomic E-state index is 12.6. The van der Waals surface area contributed by atoms with Crippen molar-refractivity contribution in [1.82, 2.24) is 5.32 Å². The highest BCUT2D eigenvalue weighted by molar-refractivity contribution is 9.10. The Morgan fingerprint density at radius 2 is 2.00 bits per heavy atom. The van der Waals surface area contributed by atoms with Crippen LogP contribution in [0.2, 0.25) is 0 Å². The summed E-state index contributed by atoms with van der Waals surface area (Å²) in [6.45, 7) is 2.24.